The fourth-order valence-corrected chi connectivity index (χ4v) is 2.37. The van der Waals surface area contributed by atoms with E-state index in [1.807, 2.05) is 13.8 Å². The maximum Gasteiger partial charge on any atom is 0.232 e. The second-order valence-corrected chi connectivity index (χ2v) is 5.00. The Morgan fingerprint density at radius 3 is 2.38 bits per heavy atom. The van der Waals surface area contributed by atoms with Crippen LogP contribution in [0.3, 0.4) is 0 Å². The minimum absolute atomic E-state index is 0.0493. The van der Waals surface area contributed by atoms with Crippen LogP contribution >= 0.6 is 11.8 Å². The van der Waals surface area contributed by atoms with E-state index >= 15 is 0 Å². The number of hydrogen-bond acceptors (Lipinski definition) is 4. The summed E-state index contributed by atoms with van der Waals surface area (Å²) in [4.78, 5) is 24.1. The highest BCUT2D eigenvalue weighted by Gasteiger charge is 2.25. The molecule has 1 aliphatic rings. The van der Waals surface area contributed by atoms with Crippen molar-refractivity contribution in [1.82, 2.24) is 4.90 Å². The van der Waals surface area contributed by atoms with E-state index in [1.165, 1.54) is 11.8 Å². The molecule has 2 N–H and O–H groups in total. The second-order valence-electron chi connectivity index (χ2n) is 4.02. The van der Waals surface area contributed by atoms with Gasteiger partial charge in [0.05, 0.1) is 23.7 Å². The van der Waals surface area contributed by atoms with Crippen molar-refractivity contribution < 1.29 is 14.3 Å². The zero-order valence-corrected chi connectivity index (χ0v) is 10.5. The first-order valence-electron chi connectivity index (χ1n) is 5.28. The van der Waals surface area contributed by atoms with Crippen LogP contribution in [0, 0.1) is 0 Å². The van der Waals surface area contributed by atoms with E-state index in [0.717, 1.165) is 0 Å². The van der Waals surface area contributed by atoms with Crippen LogP contribution in [0.2, 0.25) is 0 Å². The zero-order chi connectivity index (χ0) is 12.1. The minimum Gasteiger partial charge on any atom is -0.372 e. The van der Waals surface area contributed by atoms with Gasteiger partial charge in [-0.1, -0.05) is 0 Å². The van der Waals surface area contributed by atoms with Gasteiger partial charge in [0.15, 0.2) is 0 Å². The third-order valence-corrected chi connectivity index (χ3v) is 3.18. The van der Waals surface area contributed by atoms with Crippen LogP contribution in [-0.4, -0.2) is 53.5 Å². The molecule has 1 aliphatic heterocycles. The summed E-state index contributed by atoms with van der Waals surface area (Å²) < 4.78 is 5.53. The topological polar surface area (TPSA) is 72.6 Å². The molecule has 1 heterocycles. The first kappa shape index (κ1) is 13.3. The van der Waals surface area contributed by atoms with E-state index in [4.69, 9.17) is 10.5 Å². The minimum atomic E-state index is -0.387. The van der Waals surface area contributed by atoms with Crippen LogP contribution in [0.1, 0.15) is 13.8 Å². The standard InChI is InChI=1S/C10H18N2O3S/c1-7-3-12(4-8(2)15-7)10(14)6-16-5-9(11)13/h7-8H,3-6H2,1-2H3,(H2,11,13)/t7-,8-/m1/s1. The van der Waals surface area contributed by atoms with Gasteiger partial charge >= 0.3 is 0 Å². The molecular weight excluding hydrogens is 228 g/mol. The molecule has 0 bridgehead atoms. The van der Waals surface area contributed by atoms with Gasteiger partial charge in [0.25, 0.3) is 0 Å². The van der Waals surface area contributed by atoms with E-state index in [-0.39, 0.29) is 29.8 Å². The molecule has 16 heavy (non-hydrogen) atoms. The predicted octanol–water partition coefficient (Wildman–Crippen LogP) is -0.159. The van der Waals surface area contributed by atoms with E-state index in [2.05, 4.69) is 0 Å². The lowest BCUT2D eigenvalue weighted by atomic mass is 10.2. The smallest absolute Gasteiger partial charge is 0.232 e. The average molecular weight is 246 g/mol. The normalized spacial score (nSPS) is 25.5. The average Bonchev–Trinajstić information content (AvgIpc) is 2.15. The van der Waals surface area contributed by atoms with Crippen LogP contribution in [0.15, 0.2) is 0 Å². The highest BCUT2D eigenvalue weighted by atomic mass is 32.2. The number of ether oxygens (including phenoxy) is 1. The molecule has 5 nitrogen and oxygen atoms in total. The SMILES string of the molecule is C[C@@H]1CN(C(=O)CSCC(N)=O)C[C@@H](C)O1. The second kappa shape index (κ2) is 6.10. The number of carbonyl (C=O) groups excluding carboxylic acids is 2. The lowest BCUT2D eigenvalue weighted by Gasteiger charge is -2.35. The Morgan fingerprint density at radius 1 is 1.31 bits per heavy atom. The lowest BCUT2D eigenvalue weighted by Crippen LogP contribution is -2.48. The summed E-state index contributed by atoms with van der Waals surface area (Å²) in [6.07, 6.45) is 0.155. The molecule has 1 saturated heterocycles. The van der Waals surface area contributed by atoms with Crippen molar-refractivity contribution in [1.29, 1.82) is 0 Å². The Hall–Kier alpha value is -0.750. The van der Waals surface area contributed by atoms with Crippen LogP contribution in [0.5, 0.6) is 0 Å². The summed E-state index contributed by atoms with van der Waals surface area (Å²) in [6.45, 7) is 5.15. The summed E-state index contributed by atoms with van der Waals surface area (Å²) in [5, 5.41) is 0. The molecule has 2 atom stereocenters. The molecule has 0 spiro atoms. The molecule has 0 aromatic carbocycles. The maximum atomic E-state index is 11.8. The third kappa shape index (κ3) is 4.40. The van der Waals surface area contributed by atoms with Crippen molar-refractivity contribution in [3.05, 3.63) is 0 Å². The van der Waals surface area contributed by atoms with Crippen LogP contribution in [0.25, 0.3) is 0 Å². The summed E-state index contributed by atoms with van der Waals surface area (Å²) in [5.74, 6) is 0.165. The summed E-state index contributed by atoms with van der Waals surface area (Å²) in [7, 11) is 0. The molecule has 2 amide bonds. The molecule has 92 valence electrons. The number of nitrogens with two attached hydrogens (primary N) is 1. The van der Waals surface area contributed by atoms with Crippen LogP contribution < -0.4 is 5.73 Å². The van der Waals surface area contributed by atoms with Gasteiger partial charge < -0.3 is 15.4 Å². The molecule has 0 saturated carbocycles. The van der Waals surface area contributed by atoms with Crippen molar-refractivity contribution in [2.24, 2.45) is 5.73 Å². The Kier molecular flexibility index (Phi) is 5.08. The molecule has 0 aromatic rings. The summed E-state index contributed by atoms with van der Waals surface area (Å²) >= 11 is 1.26. The van der Waals surface area contributed by atoms with Crippen molar-refractivity contribution in [2.45, 2.75) is 26.1 Å². The van der Waals surface area contributed by atoms with E-state index in [0.29, 0.717) is 18.8 Å². The van der Waals surface area contributed by atoms with Gasteiger partial charge in [-0.2, -0.15) is 0 Å². The van der Waals surface area contributed by atoms with Crippen molar-refractivity contribution >= 4 is 23.6 Å². The zero-order valence-electron chi connectivity index (χ0n) is 9.64. The number of hydrogen-bond donors (Lipinski definition) is 1. The van der Waals surface area contributed by atoms with Gasteiger partial charge in [-0.3, -0.25) is 9.59 Å². The van der Waals surface area contributed by atoms with Crippen LogP contribution in [0.4, 0.5) is 0 Å². The van der Waals surface area contributed by atoms with Gasteiger partial charge in [0.1, 0.15) is 0 Å². The molecule has 0 aliphatic carbocycles. The number of amides is 2. The van der Waals surface area contributed by atoms with Crippen LogP contribution in [-0.2, 0) is 14.3 Å². The highest BCUT2D eigenvalue weighted by Crippen LogP contribution is 2.12. The monoisotopic (exact) mass is 246 g/mol. The maximum absolute atomic E-state index is 11.8. The Balaban J connectivity index is 2.32. The number of thioether (sulfide) groups is 1. The van der Waals surface area contributed by atoms with Gasteiger partial charge in [-0.25, -0.2) is 0 Å². The molecule has 6 heteroatoms. The Labute approximate surface area is 99.7 Å². The summed E-state index contributed by atoms with van der Waals surface area (Å²) in [5.41, 5.74) is 5.00. The van der Waals surface area contributed by atoms with Gasteiger partial charge in [0, 0.05) is 13.1 Å². The van der Waals surface area contributed by atoms with E-state index < -0.39 is 0 Å². The largest absolute Gasteiger partial charge is 0.372 e. The number of carbonyl (C=O) groups is 2. The summed E-state index contributed by atoms with van der Waals surface area (Å²) in [6, 6.07) is 0. The van der Waals surface area contributed by atoms with Crippen molar-refractivity contribution in [3.8, 4) is 0 Å². The molecular formula is C10H18N2O3S. The fourth-order valence-electron chi connectivity index (χ4n) is 1.71. The predicted molar refractivity (Wildman–Crippen MR) is 63.1 cm³/mol. The molecule has 1 rings (SSSR count). The molecule has 1 fully saturated rings. The third-order valence-electron chi connectivity index (χ3n) is 2.24. The fraction of sp³-hybridized carbons (Fsp3) is 0.800. The molecule has 0 radical (unpaired) electrons. The Morgan fingerprint density at radius 2 is 1.88 bits per heavy atom. The van der Waals surface area contributed by atoms with Gasteiger partial charge in [-0.05, 0) is 13.8 Å². The number of primary amides is 1. The first-order chi connectivity index (χ1) is 7.49. The van der Waals surface area contributed by atoms with Crippen molar-refractivity contribution in [2.75, 3.05) is 24.6 Å². The van der Waals surface area contributed by atoms with Gasteiger partial charge in [-0.15, -0.1) is 11.8 Å². The lowest BCUT2D eigenvalue weighted by molar-refractivity contribution is -0.140. The highest BCUT2D eigenvalue weighted by molar-refractivity contribution is 8.00. The Bertz CT molecular complexity index is 263. The van der Waals surface area contributed by atoms with Crippen molar-refractivity contribution in [3.63, 3.8) is 0 Å². The van der Waals surface area contributed by atoms with E-state index in [9.17, 15) is 9.59 Å². The molecule has 0 unspecified atom stereocenters. The quantitative estimate of drug-likeness (QED) is 0.748. The van der Waals surface area contributed by atoms with E-state index in [1.54, 1.807) is 4.90 Å². The number of nitrogens with zero attached hydrogens (tertiary/aromatic N) is 1. The number of rotatable bonds is 4. The number of morpholine rings is 1. The van der Waals surface area contributed by atoms with Gasteiger partial charge in [0.2, 0.25) is 11.8 Å². The first-order valence-corrected chi connectivity index (χ1v) is 6.43. The molecule has 0 aromatic heterocycles.